The lowest BCUT2D eigenvalue weighted by molar-refractivity contribution is -0.140. The number of nitrogens with zero attached hydrogens (tertiary/aromatic N) is 1. The third-order valence-corrected chi connectivity index (χ3v) is 6.34. The number of rotatable bonds is 4. The summed E-state index contributed by atoms with van der Waals surface area (Å²) in [5.74, 6) is -1.20. The zero-order chi connectivity index (χ0) is 15.8. The Bertz CT molecular complexity index is 769. The summed E-state index contributed by atoms with van der Waals surface area (Å²) < 4.78 is 48.9. The van der Waals surface area contributed by atoms with E-state index in [-0.39, 0.29) is 22.8 Å². The second kappa shape index (κ2) is 5.39. The molecular formula is C12H15NO6S2. The topological polar surface area (TPSA) is 109 Å². The van der Waals surface area contributed by atoms with Crippen LogP contribution in [0.5, 0.6) is 0 Å². The second-order valence-corrected chi connectivity index (χ2v) is 8.77. The van der Waals surface area contributed by atoms with Crippen molar-refractivity contribution < 1.29 is 26.7 Å². The Balaban J connectivity index is 2.48. The summed E-state index contributed by atoms with van der Waals surface area (Å²) in [5, 5.41) is 9.08. The molecule has 1 aromatic rings. The molecule has 0 saturated carbocycles. The van der Waals surface area contributed by atoms with Crippen LogP contribution in [0, 0.1) is 0 Å². The van der Waals surface area contributed by atoms with Gasteiger partial charge in [-0.1, -0.05) is 6.07 Å². The maximum atomic E-state index is 12.5. The number of sulfonamides is 1. The normalized spacial score (nSPS) is 20.5. The van der Waals surface area contributed by atoms with Crippen LogP contribution < -0.4 is 0 Å². The van der Waals surface area contributed by atoms with Gasteiger partial charge in [0.15, 0.2) is 9.84 Å². The van der Waals surface area contributed by atoms with Gasteiger partial charge in [0, 0.05) is 12.8 Å². The van der Waals surface area contributed by atoms with Crippen LogP contribution in [-0.4, -0.2) is 51.1 Å². The van der Waals surface area contributed by atoms with E-state index in [9.17, 15) is 21.6 Å². The molecular weight excluding hydrogens is 318 g/mol. The summed E-state index contributed by atoms with van der Waals surface area (Å²) in [4.78, 5) is 10.8. The van der Waals surface area contributed by atoms with Crippen LogP contribution in [0.15, 0.2) is 34.1 Å². The fraction of sp³-hybridized carbons (Fsp3) is 0.417. The minimum Gasteiger partial charge on any atom is -0.480 e. The molecule has 21 heavy (non-hydrogen) atoms. The number of aliphatic carboxylic acids is 1. The summed E-state index contributed by atoms with van der Waals surface area (Å²) in [5.41, 5.74) is 0. The second-order valence-electron chi connectivity index (χ2n) is 4.86. The average molecular weight is 333 g/mol. The van der Waals surface area contributed by atoms with E-state index in [1.54, 1.807) is 0 Å². The summed E-state index contributed by atoms with van der Waals surface area (Å²) in [6, 6.07) is 3.85. The van der Waals surface area contributed by atoms with Gasteiger partial charge < -0.3 is 5.11 Å². The molecule has 1 heterocycles. The van der Waals surface area contributed by atoms with Crippen molar-refractivity contribution in [1.29, 1.82) is 0 Å². The Labute approximate surface area is 123 Å². The van der Waals surface area contributed by atoms with Gasteiger partial charge in [-0.2, -0.15) is 4.31 Å². The van der Waals surface area contributed by atoms with E-state index in [1.165, 1.54) is 18.2 Å². The summed E-state index contributed by atoms with van der Waals surface area (Å²) in [6.45, 7) is 0.113. The molecule has 116 valence electrons. The minimum absolute atomic E-state index is 0.113. The van der Waals surface area contributed by atoms with E-state index in [0.717, 1.165) is 16.6 Å². The van der Waals surface area contributed by atoms with Crippen molar-refractivity contribution in [3.05, 3.63) is 24.3 Å². The van der Waals surface area contributed by atoms with Crippen LogP contribution >= 0.6 is 0 Å². The molecule has 0 radical (unpaired) electrons. The highest BCUT2D eigenvalue weighted by atomic mass is 32.2. The third-order valence-electron chi connectivity index (χ3n) is 3.33. The lowest BCUT2D eigenvalue weighted by Gasteiger charge is -2.21. The van der Waals surface area contributed by atoms with Crippen molar-refractivity contribution in [3.63, 3.8) is 0 Å². The number of benzene rings is 1. The smallest absolute Gasteiger partial charge is 0.322 e. The van der Waals surface area contributed by atoms with Gasteiger partial charge in [0.1, 0.15) is 6.04 Å². The molecule has 1 aliphatic rings. The van der Waals surface area contributed by atoms with Crippen molar-refractivity contribution >= 4 is 25.8 Å². The van der Waals surface area contributed by atoms with Gasteiger partial charge in [0.05, 0.1) is 9.79 Å². The molecule has 7 nitrogen and oxygen atoms in total. The number of hydrogen-bond donors (Lipinski definition) is 1. The van der Waals surface area contributed by atoms with Crippen molar-refractivity contribution in [2.24, 2.45) is 0 Å². The van der Waals surface area contributed by atoms with Gasteiger partial charge in [0.25, 0.3) is 0 Å². The van der Waals surface area contributed by atoms with Gasteiger partial charge in [0.2, 0.25) is 10.0 Å². The maximum Gasteiger partial charge on any atom is 0.322 e. The Hall–Kier alpha value is -1.45. The molecule has 9 heteroatoms. The van der Waals surface area contributed by atoms with Crippen LogP contribution in [0.4, 0.5) is 0 Å². The number of carboxylic acid groups (broad SMARTS) is 1. The first-order chi connectivity index (χ1) is 9.64. The first-order valence-corrected chi connectivity index (χ1v) is 9.52. The molecule has 1 aromatic carbocycles. The van der Waals surface area contributed by atoms with Gasteiger partial charge >= 0.3 is 5.97 Å². The summed E-state index contributed by atoms with van der Waals surface area (Å²) in [7, 11) is -7.57. The van der Waals surface area contributed by atoms with Crippen LogP contribution in [0.1, 0.15) is 12.8 Å². The SMILES string of the molecule is CS(=O)(=O)c1cccc(S(=O)(=O)N2CCC[C@@H]2C(=O)O)c1. The van der Waals surface area contributed by atoms with E-state index < -0.39 is 31.9 Å². The van der Waals surface area contributed by atoms with Gasteiger partial charge in [-0.05, 0) is 31.0 Å². The van der Waals surface area contributed by atoms with E-state index in [1.807, 2.05) is 0 Å². The van der Waals surface area contributed by atoms with Crippen LogP contribution in [0.2, 0.25) is 0 Å². The largest absolute Gasteiger partial charge is 0.480 e. The molecule has 0 spiro atoms. The van der Waals surface area contributed by atoms with Gasteiger partial charge in [-0.25, -0.2) is 16.8 Å². The highest BCUT2D eigenvalue weighted by molar-refractivity contribution is 7.91. The van der Waals surface area contributed by atoms with Crippen LogP contribution in [0.25, 0.3) is 0 Å². The zero-order valence-electron chi connectivity index (χ0n) is 11.3. The third kappa shape index (κ3) is 3.09. The molecule has 0 aliphatic carbocycles. The minimum atomic E-state index is -4.03. The van der Waals surface area contributed by atoms with Gasteiger partial charge in [-0.3, -0.25) is 4.79 Å². The fourth-order valence-corrected chi connectivity index (χ4v) is 4.71. The number of sulfone groups is 1. The molecule has 0 unspecified atom stereocenters. The first kappa shape index (κ1) is 15.9. The van der Waals surface area contributed by atoms with Gasteiger partial charge in [-0.15, -0.1) is 0 Å². The number of carboxylic acids is 1. The first-order valence-electron chi connectivity index (χ1n) is 6.19. The quantitative estimate of drug-likeness (QED) is 0.850. The Morgan fingerprint density at radius 2 is 1.86 bits per heavy atom. The standard InChI is InChI=1S/C12H15NO6S2/c1-20(16,17)9-4-2-5-10(8-9)21(18,19)13-7-3-6-11(13)12(14)15/h2,4-5,8,11H,3,6-7H2,1H3,(H,14,15)/t11-/m1/s1. The number of carbonyl (C=O) groups is 1. The number of hydrogen-bond acceptors (Lipinski definition) is 5. The van der Waals surface area contributed by atoms with Crippen LogP contribution in [-0.2, 0) is 24.7 Å². The Morgan fingerprint density at radius 3 is 2.43 bits per heavy atom. The summed E-state index contributed by atoms with van der Waals surface area (Å²) >= 11 is 0. The Kier molecular flexibility index (Phi) is 4.09. The fourth-order valence-electron chi connectivity index (χ4n) is 2.28. The molecule has 0 amide bonds. The molecule has 1 N–H and O–H groups in total. The predicted octanol–water partition coefficient (Wildman–Crippen LogP) is 0.328. The van der Waals surface area contributed by atoms with Crippen molar-refractivity contribution in [1.82, 2.24) is 4.31 Å². The summed E-state index contributed by atoms with van der Waals surface area (Å²) in [6.07, 6.45) is 1.69. The maximum absolute atomic E-state index is 12.5. The average Bonchev–Trinajstić information content (AvgIpc) is 2.88. The Morgan fingerprint density at radius 1 is 1.24 bits per heavy atom. The molecule has 0 aromatic heterocycles. The van der Waals surface area contributed by atoms with Crippen LogP contribution in [0.3, 0.4) is 0 Å². The van der Waals surface area contributed by atoms with E-state index in [4.69, 9.17) is 5.11 Å². The lowest BCUT2D eigenvalue weighted by atomic mass is 10.2. The highest BCUT2D eigenvalue weighted by Crippen LogP contribution is 2.27. The van der Waals surface area contributed by atoms with Crippen molar-refractivity contribution in [2.45, 2.75) is 28.7 Å². The molecule has 1 atom stereocenters. The predicted molar refractivity (Wildman–Crippen MR) is 74.1 cm³/mol. The molecule has 1 fully saturated rings. The van der Waals surface area contributed by atoms with Crippen molar-refractivity contribution in [2.75, 3.05) is 12.8 Å². The van der Waals surface area contributed by atoms with E-state index in [2.05, 4.69) is 0 Å². The zero-order valence-corrected chi connectivity index (χ0v) is 12.9. The van der Waals surface area contributed by atoms with Crippen molar-refractivity contribution in [3.8, 4) is 0 Å². The lowest BCUT2D eigenvalue weighted by Crippen LogP contribution is -2.40. The molecule has 1 saturated heterocycles. The molecule has 0 bridgehead atoms. The highest BCUT2D eigenvalue weighted by Gasteiger charge is 2.39. The van der Waals surface area contributed by atoms with E-state index in [0.29, 0.717) is 6.42 Å². The molecule has 2 rings (SSSR count). The molecule has 1 aliphatic heterocycles. The van der Waals surface area contributed by atoms with E-state index >= 15 is 0 Å². The monoisotopic (exact) mass is 333 g/mol.